The lowest BCUT2D eigenvalue weighted by Crippen LogP contribution is -1.80. The quantitative estimate of drug-likeness (QED) is 0.746. The summed E-state index contributed by atoms with van der Waals surface area (Å²) in [6.45, 7) is 0.110. The predicted molar refractivity (Wildman–Crippen MR) is 62.6 cm³/mol. The van der Waals surface area contributed by atoms with E-state index in [0.717, 1.165) is 16.8 Å². The van der Waals surface area contributed by atoms with Gasteiger partial charge in [0.15, 0.2) is 0 Å². The molecule has 0 bridgehead atoms. The van der Waals surface area contributed by atoms with Crippen LogP contribution in [-0.4, -0.2) is 21.9 Å². The molecule has 3 heteroatoms. The third-order valence-corrected chi connectivity index (χ3v) is 2.17. The number of benzene rings is 1. The van der Waals surface area contributed by atoms with E-state index in [2.05, 4.69) is 22.0 Å². The minimum atomic E-state index is 0.110. The van der Waals surface area contributed by atoms with Crippen molar-refractivity contribution in [1.82, 2.24) is 10.2 Å². The van der Waals surface area contributed by atoms with E-state index in [1.165, 1.54) is 0 Å². The second kappa shape index (κ2) is 5.15. The first-order valence-electron chi connectivity index (χ1n) is 5.09. The van der Waals surface area contributed by atoms with Crippen LogP contribution in [0.3, 0.4) is 0 Å². The summed E-state index contributed by atoms with van der Waals surface area (Å²) in [5, 5.41) is 15.4. The molecule has 0 aliphatic rings. The van der Waals surface area contributed by atoms with Gasteiger partial charge in [-0.05, 0) is 23.8 Å². The molecule has 2 N–H and O–H groups in total. The number of nitrogens with zero attached hydrogens (tertiary/aromatic N) is 1. The fraction of sp³-hybridized carbons (Fsp3) is 0.154. The number of hydrogen-bond donors (Lipinski definition) is 2. The smallest absolute Gasteiger partial charge is 0.0650 e. The zero-order valence-corrected chi connectivity index (χ0v) is 8.77. The molecule has 0 aliphatic heterocycles. The summed E-state index contributed by atoms with van der Waals surface area (Å²) in [4.78, 5) is 0. The van der Waals surface area contributed by atoms with Gasteiger partial charge in [0.25, 0.3) is 0 Å². The Kier molecular flexibility index (Phi) is 3.37. The third kappa shape index (κ3) is 2.50. The zero-order chi connectivity index (χ0) is 11.2. The summed E-state index contributed by atoms with van der Waals surface area (Å²) >= 11 is 0. The minimum absolute atomic E-state index is 0.110. The van der Waals surface area contributed by atoms with Crippen LogP contribution in [0.25, 0.3) is 11.3 Å². The highest BCUT2D eigenvalue weighted by Gasteiger charge is 1.97. The Morgan fingerprint density at radius 1 is 1.19 bits per heavy atom. The van der Waals surface area contributed by atoms with E-state index >= 15 is 0 Å². The molecule has 80 valence electrons. The van der Waals surface area contributed by atoms with E-state index in [1.54, 1.807) is 6.20 Å². The molecule has 0 saturated heterocycles. The van der Waals surface area contributed by atoms with Crippen LogP contribution < -0.4 is 0 Å². The maximum Gasteiger partial charge on any atom is 0.0650 e. The van der Waals surface area contributed by atoms with Crippen LogP contribution in [0, 0.1) is 11.8 Å². The number of H-pyrrole nitrogens is 1. The van der Waals surface area contributed by atoms with Crippen LogP contribution in [0.2, 0.25) is 0 Å². The van der Waals surface area contributed by atoms with Crippen molar-refractivity contribution in [3.63, 3.8) is 0 Å². The first-order valence-corrected chi connectivity index (χ1v) is 5.09. The molecule has 0 aliphatic carbocycles. The minimum Gasteiger partial charge on any atom is -0.395 e. The van der Waals surface area contributed by atoms with Gasteiger partial charge in [-0.15, -0.1) is 0 Å². The van der Waals surface area contributed by atoms with Gasteiger partial charge in [-0.2, -0.15) is 5.10 Å². The van der Waals surface area contributed by atoms with Gasteiger partial charge in [0.1, 0.15) is 0 Å². The highest BCUT2D eigenvalue weighted by atomic mass is 16.2. The molecule has 0 spiro atoms. The second-order valence-corrected chi connectivity index (χ2v) is 3.32. The van der Waals surface area contributed by atoms with Crippen LogP contribution in [-0.2, 0) is 0 Å². The highest BCUT2D eigenvalue weighted by molar-refractivity contribution is 5.59. The first-order chi connectivity index (χ1) is 7.90. The van der Waals surface area contributed by atoms with Crippen molar-refractivity contribution in [2.75, 3.05) is 6.61 Å². The zero-order valence-electron chi connectivity index (χ0n) is 8.77. The lowest BCUT2D eigenvalue weighted by atomic mass is 10.1. The standard InChI is InChI=1S/C13H12N2O/c16-10-2-1-3-11-4-6-12(7-5-11)13-8-9-14-15-13/h4-9,16H,2,10H2,(H,14,15). The molecule has 0 radical (unpaired) electrons. The molecule has 16 heavy (non-hydrogen) atoms. The molecule has 1 aromatic carbocycles. The number of hydrogen-bond acceptors (Lipinski definition) is 2. The molecule has 0 unspecified atom stereocenters. The number of aliphatic hydroxyl groups excluding tert-OH is 1. The van der Waals surface area contributed by atoms with Crippen molar-refractivity contribution in [3.05, 3.63) is 42.1 Å². The number of rotatable bonds is 2. The lowest BCUT2D eigenvalue weighted by Gasteiger charge is -1.96. The topological polar surface area (TPSA) is 48.9 Å². The predicted octanol–water partition coefficient (Wildman–Crippen LogP) is 1.81. The number of aromatic amines is 1. The van der Waals surface area contributed by atoms with Gasteiger partial charge in [0.2, 0.25) is 0 Å². The molecule has 0 fully saturated rings. The Labute approximate surface area is 94.1 Å². The molecule has 0 atom stereocenters. The van der Waals surface area contributed by atoms with Crippen molar-refractivity contribution < 1.29 is 5.11 Å². The normalized spacial score (nSPS) is 9.56. The summed E-state index contributed by atoms with van der Waals surface area (Å²) in [7, 11) is 0. The lowest BCUT2D eigenvalue weighted by molar-refractivity contribution is 0.305. The molecule has 0 amide bonds. The molecule has 0 saturated carbocycles. The molecule has 1 heterocycles. The van der Waals surface area contributed by atoms with Crippen LogP contribution in [0.5, 0.6) is 0 Å². The Morgan fingerprint density at radius 2 is 2.00 bits per heavy atom. The molecular formula is C13H12N2O. The summed E-state index contributed by atoms with van der Waals surface area (Å²) < 4.78 is 0. The van der Waals surface area contributed by atoms with E-state index in [-0.39, 0.29) is 6.61 Å². The van der Waals surface area contributed by atoms with Gasteiger partial charge in [-0.25, -0.2) is 0 Å². The van der Waals surface area contributed by atoms with Gasteiger partial charge in [-0.1, -0.05) is 24.0 Å². The van der Waals surface area contributed by atoms with Crippen LogP contribution in [0.15, 0.2) is 36.5 Å². The SMILES string of the molecule is OCCC#Cc1ccc(-c2ccn[nH]2)cc1. The number of aromatic nitrogens is 2. The van der Waals surface area contributed by atoms with Crippen molar-refractivity contribution in [2.24, 2.45) is 0 Å². The van der Waals surface area contributed by atoms with E-state index in [9.17, 15) is 0 Å². The van der Waals surface area contributed by atoms with Gasteiger partial charge < -0.3 is 5.11 Å². The molecule has 3 nitrogen and oxygen atoms in total. The average molecular weight is 212 g/mol. The first kappa shape index (κ1) is 10.5. The number of nitrogens with one attached hydrogen (secondary N) is 1. The van der Waals surface area contributed by atoms with E-state index < -0.39 is 0 Å². The van der Waals surface area contributed by atoms with Crippen LogP contribution in [0.4, 0.5) is 0 Å². The summed E-state index contributed by atoms with van der Waals surface area (Å²) in [6.07, 6.45) is 2.24. The average Bonchev–Trinajstić information content (AvgIpc) is 2.84. The van der Waals surface area contributed by atoms with Gasteiger partial charge in [-0.3, -0.25) is 5.10 Å². The van der Waals surface area contributed by atoms with Crippen molar-refractivity contribution in [3.8, 4) is 23.1 Å². The Hall–Kier alpha value is -2.05. The Bertz CT molecular complexity index is 489. The van der Waals surface area contributed by atoms with Crippen molar-refractivity contribution in [2.45, 2.75) is 6.42 Å². The van der Waals surface area contributed by atoms with Gasteiger partial charge in [0, 0.05) is 18.2 Å². The molecule has 1 aromatic heterocycles. The molecule has 2 aromatic rings. The second-order valence-electron chi connectivity index (χ2n) is 3.32. The summed E-state index contributed by atoms with van der Waals surface area (Å²) in [5.74, 6) is 5.87. The maximum absolute atomic E-state index is 8.60. The van der Waals surface area contributed by atoms with Gasteiger partial charge >= 0.3 is 0 Å². The fourth-order valence-electron chi connectivity index (χ4n) is 1.37. The largest absolute Gasteiger partial charge is 0.395 e. The highest BCUT2D eigenvalue weighted by Crippen LogP contribution is 2.15. The Morgan fingerprint density at radius 3 is 2.62 bits per heavy atom. The third-order valence-electron chi connectivity index (χ3n) is 2.17. The summed E-state index contributed by atoms with van der Waals surface area (Å²) in [6, 6.07) is 9.83. The maximum atomic E-state index is 8.60. The Balaban J connectivity index is 2.15. The van der Waals surface area contributed by atoms with Crippen LogP contribution >= 0.6 is 0 Å². The van der Waals surface area contributed by atoms with E-state index in [0.29, 0.717) is 6.42 Å². The van der Waals surface area contributed by atoms with Crippen molar-refractivity contribution in [1.29, 1.82) is 0 Å². The van der Waals surface area contributed by atoms with Gasteiger partial charge in [0.05, 0.1) is 12.3 Å². The van der Waals surface area contributed by atoms with E-state index in [4.69, 9.17) is 5.11 Å². The van der Waals surface area contributed by atoms with Crippen molar-refractivity contribution >= 4 is 0 Å². The molecular weight excluding hydrogens is 200 g/mol. The van der Waals surface area contributed by atoms with Crippen LogP contribution in [0.1, 0.15) is 12.0 Å². The monoisotopic (exact) mass is 212 g/mol. The molecule has 2 rings (SSSR count). The number of aliphatic hydroxyl groups is 1. The fourth-order valence-corrected chi connectivity index (χ4v) is 1.37. The van der Waals surface area contributed by atoms with E-state index in [1.807, 2.05) is 30.3 Å². The summed E-state index contributed by atoms with van der Waals surface area (Å²) in [5.41, 5.74) is 3.04.